The zero-order valence-corrected chi connectivity index (χ0v) is 8.10. The van der Waals surface area contributed by atoms with Crippen molar-refractivity contribution in [3.05, 3.63) is 0 Å². The topological polar surface area (TPSA) is 116 Å². The number of carboxylic acids is 1. The zero-order valence-electron chi connectivity index (χ0n) is 8.10. The van der Waals surface area contributed by atoms with Crippen LogP contribution in [0.5, 0.6) is 0 Å². The lowest BCUT2D eigenvalue weighted by Gasteiger charge is -2.14. The van der Waals surface area contributed by atoms with Crippen LogP contribution in [-0.4, -0.2) is 35.7 Å². The second-order valence-corrected chi connectivity index (χ2v) is 2.91. The van der Waals surface area contributed by atoms with Gasteiger partial charge in [0, 0.05) is 0 Å². The number of esters is 1. The van der Waals surface area contributed by atoms with Gasteiger partial charge in [-0.05, 0) is 6.42 Å². The molecule has 0 bridgehead atoms. The summed E-state index contributed by atoms with van der Waals surface area (Å²) in [5.41, 5.74) is 10.4. The van der Waals surface area contributed by atoms with Gasteiger partial charge in [0.15, 0.2) is 0 Å². The molecule has 5 N–H and O–H groups in total. The number of ether oxygens (including phenoxy) is 1. The second kappa shape index (κ2) is 6.33. The highest BCUT2D eigenvalue weighted by Gasteiger charge is 2.28. The summed E-state index contributed by atoms with van der Waals surface area (Å²) in [4.78, 5) is 21.4. The van der Waals surface area contributed by atoms with E-state index in [-0.39, 0.29) is 6.61 Å². The minimum absolute atomic E-state index is 0.245. The van der Waals surface area contributed by atoms with E-state index in [0.29, 0.717) is 0 Å². The van der Waals surface area contributed by atoms with Gasteiger partial charge < -0.3 is 21.3 Å². The van der Waals surface area contributed by atoms with Gasteiger partial charge in [-0.25, -0.2) is 0 Å². The Morgan fingerprint density at radius 1 is 1.36 bits per heavy atom. The van der Waals surface area contributed by atoms with Crippen LogP contribution in [0.3, 0.4) is 0 Å². The number of nitrogens with two attached hydrogens (primary N) is 2. The largest absolute Gasteiger partial charge is 0.480 e. The fourth-order valence-electron chi connectivity index (χ4n) is 0.714. The van der Waals surface area contributed by atoms with Crippen molar-refractivity contribution < 1.29 is 19.4 Å². The van der Waals surface area contributed by atoms with Crippen LogP contribution in [0.1, 0.15) is 19.8 Å². The summed E-state index contributed by atoms with van der Waals surface area (Å²) in [5, 5.41) is 8.46. The zero-order chi connectivity index (χ0) is 11.1. The summed E-state index contributed by atoms with van der Waals surface area (Å²) in [6.07, 6.45) is 1.61. The van der Waals surface area contributed by atoms with E-state index in [1.807, 2.05) is 6.92 Å². The number of carbonyl (C=O) groups is 2. The smallest absolute Gasteiger partial charge is 0.325 e. The van der Waals surface area contributed by atoms with Crippen molar-refractivity contribution in [3.8, 4) is 0 Å². The SMILES string of the molecule is CCCCOC(=O)C(N)C(N)C(=O)O. The van der Waals surface area contributed by atoms with Gasteiger partial charge >= 0.3 is 11.9 Å². The first-order chi connectivity index (χ1) is 6.50. The number of carboxylic acid groups (broad SMARTS) is 1. The highest BCUT2D eigenvalue weighted by Crippen LogP contribution is 1.94. The molecule has 0 saturated carbocycles. The Bertz CT molecular complexity index is 208. The summed E-state index contributed by atoms with van der Waals surface area (Å²) < 4.78 is 4.71. The van der Waals surface area contributed by atoms with Crippen molar-refractivity contribution in [1.29, 1.82) is 0 Å². The van der Waals surface area contributed by atoms with Crippen LogP contribution in [0, 0.1) is 0 Å². The summed E-state index contributed by atoms with van der Waals surface area (Å²) >= 11 is 0. The van der Waals surface area contributed by atoms with Crippen LogP contribution in [-0.2, 0) is 14.3 Å². The molecule has 0 aromatic carbocycles. The maximum absolute atomic E-state index is 11.1. The second-order valence-electron chi connectivity index (χ2n) is 2.91. The molecule has 0 saturated heterocycles. The van der Waals surface area contributed by atoms with Crippen molar-refractivity contribution >= 4 is 11.9 Å². The first-order valence-electron chi connectivity index (χ1n) is 4.41. The van der Waals surface area contributed by atoms with Crippen molar-refractivity contribution in [2.24, 2.45) is 11.5 Å². The monoisotopic (exact) mass is 204 g/mol. The van der Waals surface area contributed by atoms with Gasteiger partial charge in [0.05, 0.1) is 6.61 Å². The minimum Gasteiger partial charge on any atom is -0.480 e. The van der Waals surface area contributed by atoms with E-state index in [1.165, 1.54) is 0 Å². The minimum atomic E-state index is -1.41. The number of carbonyl (C=O) groups excluding carboxylic acids is 1. The fraction of sp³-hybridized carbons (Fsp3) is 0.750. The third-order valence-corrected chi connectivity index (χ3v) is 1.69. The lowest BCUT2D eigenvalue weighted by molar-refractivity contribution is -0.150. The van der Waals surface area contributed by atoms with Crippen molar-refractivity contribution in [2.45, 2.75) is 31.8 Å². The Kier molecular flexibility index (Phi) is 5.82. The van der Waals surface area contributed by atoms with Crippen LogP contribution < -0.4 is 11.5 Å². The summed E-state index contributed by atoms with van der Waals surface area (Å²) in [7, 11) is 0. The molecule has 0 radical (unpaired) electrons. The quantitative estimate of drug-likeness (QED) is 0.380. The molecule has 6 heteroatoms. The first kappa shape index (κ1) is 12.9. The molecule has 0 fully saturated rings. The van der Waals surface area contributed by atoms with Gasteiger partial charge in [-0.2, -0.15) is 0 Å². The van der Waals surface area contributed by atoms with E-state index in [0.717, 1.165) is 12.8 Å². The summed E-state index contributed by atoms with van der Waals surface area (Å²) in [5.74, 6) is -2.08. The molecule has 0 aromatic heterocycles. The van der Waals surface area contributed by atoms with E-state index in [9.17, 15) is 9.59 Å². The van der Waals surface area contributed by atoms with Crippen molar-refractivity contribution in [1.82, 2.24) is 0 Å². The number of aliphatic carboxylic acids is 1. The van der Waals surface area contributed by atoms with Crippen LogP contribution in [0.15, 0.2) is 0 Å². The molecule has 0 heterocycles. The van der Waals surface area contributed by atoms with Gasteiger partial charge in [-0.1, -0.05) is 13.3 Å². The molecule has 0 amide bonds. The molecule has 0 rings (SSSR count). The van der Waals surface area contributed by atoms with Crippen LogP contribution >= 0.6 is 0 Å². The maximum atomic E-state index is 11.1. The highest BCUT2D eigenvalue weighted by atomic mass is 16.5. The van der Waals surface area contributed by atoms with Crippen molar-refractivity contribution in [2.75, 3.05) is 6.61 Å². The molecule has 2 unspecified atom stereocenters. The Hall–Kier alpha value is -1.14. The average molecular weight is 204 g/mol. The maximum Gasteiger partial charge on any atom is 0.325 e. The normalized spacial score (nSPS) is 14.5. The molecular formula is C8H16N2O4. The predicted molar refractivity (Wildman–Crippen MR) is 49.5 cm³/mol. The van der Waals surface area contributed by atoms with E-state index >= 15 is 0 Å². The Morgan fingerprint density at radius 2 is 1.93 bits per heavy atom. The van der Waals surface area contributed by atoms with Crippen LogP contribution in [0.4, 0.5) is 0 Å². The van der Waals surface area contributed by atoms with Gasteiger partial charge in [0.1, 0.15) is 12.1 Å². The fourth-order valence-corrected chi connectivity index (χ4v) is 0.714. The molecule has 0 spiro atoms. The molecule has 0 aromatic rings. The Morgan fingerprint density at radius 3 is 2.36 bits per heavy atom. The lowest BCUT2D eigenvalue weighted by atomic mass is 10.1. The van der Waals surface area contributed by atoms with Gasteiger partial charge in [0.2, 0.25) is 0 Å². The number of rotatable bonds is 6. The Balaban J connectivity index is 3.92. The highest BCUT2D eigenvalue weighted by molar-refractivity contribution is 5.85. The van der Waals surface area contributed by atoms with Crippen LogP contribution in [0.2, 0.25) is 0 Å². The molecular weight excluding hydrogens is 188 g/mol. The number of hydrogen-bond acceptors (Lipinski definition) is 5. The molecule has 0 aliphatic carbocycles. The summed E-state index contributed by atoms with van der Waals surface area (Å²) in [6, 6.07) is -2.71. The number of hydrogen-bond donors (Lipinski definition) is 3. The molecule has 82 valence electrons. The molecule has 0 aliphatic heterocycles. The van der Waals surface area contributed by atoms with Gasteiger partial charge in [-0.15, -0.1) is 0 Å². The van der Waals surface area contributed by atoms with E-state index in [4.69, 9.17) is 21.3 Å². The molecule has 2 atom stereocenters. The molecule has 6 nitrogen and oxygen atoms in total. The average Bonchev–Trinajstić information content (AvgIpc) is 2.15. The standard InChI is InChI=1S/C8H16N2O4/c1-2-3-4-14-8(13)6(10)5(9)7(11)12/h5-6H,2-4,9-10H2,1H3,(H,11,12). The first-order valence-corrected chi connectivity index (χ1v) is 4.41. The van der Waals surface area contributed by atoms with Crippen molar-refractivity contribution in [3.63, 3.8) is 0 Å². The number of unbranched alkanes of at least 4 members (excludes halogenated alkanes) is 1. The predicted octanol–water partition coefficient (Wildman–Crippen LogP) is -0.931. The van der Waals surface area contributed by atoms with Gasteiger partial charge in [-0.3, -0.25) is 9.59 Å². The van der Waals surface area contributed by atoms with E-state index in [1.54, 1.807) is 0 Å². The van der Waals surface area contributed by atoms with Crippen LogP contribution in [0.25, 0.3) is 0 Å². The Labute approximate surface area is 82.2 Å². The summed E-state index contributed by atoms with van der Waals surface area (Å²) in [6.45, 7) is 2.19. The van der Waals surface area contributed by atoms with Gasteiger partial charge in [0.25, 0.3) is 0 Å². The third-order valence-electron chi connectivity index (χ3n) is 1.69. The third kappa shape index (κ3) is 4.20. The molecule has 14 heavy (non-hydrogen) atoms. The van der Waals surface area contributed by atoms with E-state index < -0.39 is 24.0 Å². The van der Waals surface area contributed by atoms with E-state index in [2.05, 4.69) is 0 Å². The molecule has 0 aliphatic rings. The lowest BCUT2D eigenvalue weighted by Crippen LogP contribution is -2.52.